The summed E-state index contributed by atoms with van der Waals surface area (Å²) in [4.78, 5) is 26.1. The topological polar surface area (TPSA) is 96.2 Å². The molecule has 0 heterocycles. The zero-order valence-electron chi connectivity index (χ0n) is 13.3. The van der Waals surface area contributed by atoms with E-state index >= 15 is 0 Å². The van der Waals surface area contributed by atoms with Gasteiger partial charge in [-0.3, -0.25) is 4.99 Å². The maximum atomic E-state index is 11.0. The predicted molar refractivity (Wildman–Crippen MR) is 89.6 cm³/mol. The monoisotopic (exact) mass is 327 g/mol. The van der Waals surface area contributed by atoms with Crippen molar-refractivity contribution in [3.8, 4) is 5.75 Å². The van der Waals surface area contributed by atoms with Crippen LogP contribution >= 0.6 is 0 Å². The second kappa shape index (κ2) is 7.41. The highest BCUT2D eigenvalue weighted by molar-refractivity contribution is 5.90. The van der Waals surface area contributed by atoms with Crippen LogP contribution < -0.4 is 4.74 Å². The average Bonchev–Trinajstić information content (AvgIpc) is 2.55. The molecule has 0 spiro atoms. The van der Waals surface area contributed by atoms with E-state index in [-0.39, 0.29) is 5.56 Å². The van der Waals surface area contributed by atoms with E-state index in [2.05, 4.69) is 4.99 Å². The van der Waals surface area contributed by atoms with Crippen LogP contribution in [0.2, 0.25) is 0 Å². The van der Waals surface area contributed by atoms with Gasteiger partial charge in [-0.05, 0) is 61.4 Å². The molecule has 0 saturated carbocycles. The molecule has 0 amide bonds. The summed E-state index contributed by atoms with van der Waals surface area (Å²) >= 11 is 0. The highest BCUT2D eigenvalue weighted by Gasteiger charge is 2.11. The number of aliphatic carboxylic acids is 1. The van der Waals surface area contributed by atoms with Gasteiger partial charge < -0.3 is 14.9 Å². The summed E-state index contributed by atoms with van der Waals surface area (Å²) in [6, 6.07) is 11.5. The zero-order valence-corrected chi connectivity index (χ0v) is 13.3. The molecule has 24 heavy (non-hydrogen) atoms. The van der Waals surface area contributed by atoms with Crippen molar-refractivity contribution in [1.82, 2.24) is 0 Å². The molecule has 0 unspecified atom stereocenters. The Labute approximate surface area is 139 Å². The summed E-state index contributed by atoms with van der Waals surface area (Å²) in [5, 5.41) is 17.8. The van der Waals surface area contributed by atoms with Crippen molar-refractivity contribution in [1.29, 1.82) is 0 Å². The van der Waals surface area contributed by atoms with E-state index in [4.69, 9.17) is 14.9 Å². The molecule has 2 rings (SSSR count). The normalized spacial score (nSPS) is 12.1. The molecule has 1 atom stereocenters. The van der Waals surface area contributed by atoms with Crippen LogP contribution in [0.1, 0.15) is 28.4 Å². The second-order valence-electron chi connectivity index (χ2n) is 5.23. The van der Waals surface area contributed by atoms with Crippen LogP contribution in [-0.2, 0) is 4.79 Å². The molecule has 0 aliphatic heterocycles. The molecular formula is C18H17NO5. The summed E-state index contributed by atoms with van der Waals surface area (Å²) in [7, 11) is 0. The first-order valence-corrected chi connectivity index (χ1v) is 7.24. The summed E-state index contributed by atoms with van der Waals surface area (Å²) in [6.07, 6.45) is 0.684. The molecule has 2 N–H and O–H groups in total. The molecule has 0 radical (unpaired) electrons. The molecule has 6 nitrogen and oxygen atoms in total. The van der Waals surface area contributed by atoms with Crippen LogP contribution in [-0.4, -0.2) is 34.5 Å². The molecule has 0 aromatic heterocycles. The molecule has 124 valence electrons. The summed E-state index contributed by atoms with van der Waals surface area (Å²) < 4.78 is 5.25. The molecule has 0 bridgehead atoms. The summed E-state index contributed by atoms with van der Waals surface area (Å²) in [6.45, 7) is 3.30. The van der Waals surface area contributed by atoms with Crippen LogP contribution in [0.25, 0.3) is 0 Å². The highest BCUT2D eigenvalue weighted by Crippen LogP contribution is 2.21. The molecule has 6 heteroatoms. The molecule has 0 saturated heterocycles. The van der Waals surface area contributed by atoms with Gasteiger partial charge in [-0.1, -0.05) is 6.07 Å². The van der Waals surface area contributed by atoms with E-state index in [1.807, 2.05) is 6.92 Å². The maximum absolute atomic E-state index is 11.0. The fourth-order valence-electron chi connectivity index (χ4n) is 1.91. The number of hydrogen-bond acceptors (Lipinski definition) is 4. The Morgan fingerprint density at radius 3 is 2.38 bits per heavy atom. The number of aryl methyl sites for hydroxylation is 1. The zero-order chi connectivity index (χ0) is 17.7. The minimum absolute atomic E-state index is 0.180. The van der Waals surface area contributed by atoms with Gasteiger partial charge in [0.05, 0.1) is 11.3 Å². The lowest BCUT2D eigenvalue weighted by Gasteiger charge is -2.10. The lowest BCUT2D eigenvalue weighted by molar-refractivity contribution is -0.144. The Morgan fingerprint density at radius 2 is 1.79 bits per heavy atom. The SMILES string of the molecule is Cc1ccc(C(=O)O)cc1N=Cc1ccc(O[C@@H](C)C(=O)O)cc1. The smallest absolute Gasteiger partial charge is 0.344 e. The summed E-state index contributed by atoms with van der Waals surface area (Å²) in [5.41, 5.74) is 2.41. The number of hydrogen-bond donors (Lipinski definition) is 2. The minimum Gasteiger partial charge on any atom is -0.479 e. The number of ether oxygens (including phenoxy) is 1. The number of aromatic carboxylic acids is 1. The van der Waals surface area contributed by atoms with Crippen LogP contribution in [0.5, 0.6) is 5.75 Å². The number of carboxylic acid groups (broad SMARTS) is 2. The van der Waals surface area contributed by atoms with Crippen molar-refractivity contribution in [3.05, 3.63) is 59.2 Å². The minimum atomic E-state index is -1.03. The van der Waals surface area contributed by atoms with Gasteiger partial charge >= 0.3 is 11.9 Å². The van der Waals surface area contributed by atoms with Crippen molar-refractivity contribution in [2.45, 2.75) is 20.0 Å². The number of aliphatic imine (C=N–C) groups is 1. The van der Waals surface area contributed by atoms with E-state index in [9.17, 15) is 9.59 Å². The van der Waals surface area contributed by atoms with Crippen molar-refractivity contribution in [2.24, 2.45) is 4.99 Å². The van der Waals surface area contributed by atoms with Gasteiger partial charge in [-0.2, -0.15) is 0 Å². The largest absolute Gasteiger partial charge is 0.479 e. The molecule has 0 aliphatic rings. The predicted octanol–water partition coefficient (Wildman–Crippen LogP) is 3.30. The first-order chi connectivity index (χ1) is 11.4. The Balaban J connectivity index is 2.14. The Bertz CT molecular complexity index is 780. The van der Waals surface area contributed by atoms with E-state index < -0.39 is 18.0 Å². The van der Waals surface area contributed by atoms with Gasteiger partial charge in [0.2, 0.25) is 0 Å². The van der Waals surface area contributed by atoms with E-state index in [0.29, 0.717) is 11.4 Å². The number of carboxylic acids is 2. The molecule has 0 aliphatic carbocycles. The number of carbonyl (C=O) groups is 2. The Morgan fingerprint density at radius 1 is 1.12 bits per heavy atom. The quantitative estimate of drug-likeness (QED) is 0.794. The fourth-order valence-corrected chi connectivity index (χ4v) is 1.91. The van der Waals surface area contributed by atoms with E-state index in [0.717, 1.165) is 11.1 Å². The van der Waals surface area contributed by atoms with E-state index in [1.165, 1.54) is 19.1 Å². The van der Waals surface area contributed by atoms with Crippen molar-refractivity contribution in [3.63, 3.8) is 0 Å². The average molecular weight is 327 g/mol. The third-order valence-electron chi connectivity index (χ3n) is 3.35. The van der Waals surface area contributed by atoms with Gasteiger partial charge in [-0.15, -0.1) is 0 Å². The fraction of sp³-hybridized carbons (Fsp3) is 0.167. The summed E-state index contributed by atoms with van der Waals surface area (Å²) in [5.74, 6) is -1.58. The van der Waals surface area contributed by atoms with Gasteiger partial charge in [0.15, 0.2) is 6.10 Å². The van der Waals surface area contributed by atoms with Crippen molar-refractivity contribution >= 4 is 23.8 Å². The standard InChI is InChI=1S/C18H17NO5/c1-11-3-6-14(18(22)23)9-16(11)19-10-13-4-7-15(8-5-13)24-12(2)17(20)21/h3-10,12H,1-2H3,(H,20,21)(H,22,23)/t12-/m0/s1. The lowest BCUT2D eigenvalue weighted by atomic mass is 10.1. The number of nitrogens with zero attached hydrogens (tertiary/aromatic N) is 1. The van der Waals surface area contributed by atoms with Crippen LogP contribution in [0.15, 0.2) is 47.5 Å². The van der Waals surface area contributed by atoms with Crippen LogP contribution in [0.3, 0.4) is 0 Å². The third-order valence-corrected chi connectivity index (χ3v) is 3.35. The van der Waals surface area contributed by atoms with Crippen LogP contribution in [0, 0.1) is 6.92 Å². The van der Waals surface area contributed by atoms with Gasteiger partial charge in [-0.25, -0.2) is 9.59 Å². The molecule has 2 aromatic carbocycles. The van der Waals surface area contributed by atoms with Crippen molar-refractivity contribution < 1.29 is 24.5 Å². The molecule has 2 aromatic rings. The first-order valence-electron chi connectivity index (χ1n) is 7.24. The first kappa shape index (κ1) is 17.2. The van der Waals surface area contributed by atoms with Crippen molar-refractivity contribution in [2.75, 3.05) is 0 Å². The molecule has 0 fully saturated rings. The lowest BCUT2D eigenvalue weighted by Crippen LogP contribution is -2.22. The molecular weight excluding hydrogens is 310 g/mol. The van der Waals surface area contributed by atoms with Gasteiger partial charge in [0.25, 0.3) is 0 Å². The number of rotatable bonds is 6. The van der Waals surface area contributed by atoms with Gasteiger partial charge in [0, 0.05) is 6.21 Å². The van der Waals surface area contributed by atoms with Crippen LogP contribution in [0.4, 0.5) is 5.69 Å². The second-order valence-corrected chi connectivity index (χ2v) is 5.23. The Kier molecular flexibility index (Phi) is 5.31. The highest BCUT2D eigenvalue weighted by atomic mass is 16.5. The third kappa shape index (κ3) is 4.42. The Hall–Kier alpha value is -3.15. The van der Waals surface area contributed by atoms with Gasteiger partial charge in [0.1, 0.15) is 5.75 Å². The van der Waals surface area contributed by atoms with E-state index in [1.54, 1.807) is 36.5 Å². The maximum Gasteiger partial charge on any atom is 0.344 e. The number of benzene rings is 2.